The fourth-order valence-corrected chi connectivity index (χ4v) is 2.27. The second kappa shape index (κ2) is 5.58. The smallest absolute Gasteiger partial charge is 0.340 e. The van der Waals surface area contributed by atoms with Crippen LogP contribution >= 0.6 is 0 Å². The van der Waals surface area contributed by atoms with Crippen molar-refractivity contribution in [3.63, 3.8) is 0 Å². The zero-order chi connectivity index (χ0) is 15.7. The Morgan fingerprint density at radius 3 is 2.91 bits per heavy atom. The van der Waals surface area contributed by atoms with E-state index in [0.29, 0.717) is 11.6 Å². The number of rotatable bonds is 5. The Bertz CT molecular complexity index is 845. The summed E-state index contributed by atoms with van der Waals surface area (Å²) in [6.45, 7) is 3.98. The van der Waals surface area contributed by atoms with E-state index in [-0.39, 0.29) is 11.7 Å². The largest absolute Gasteiger partial charge is 0.360 e. The van der Waals surface area contributed by atoms with Gasteiger partial charge in [-0.25, -0.2) is 19.9 Å². The van der Waals surface area contributed by atoms with Crippen LogP contribution in [0.3, 0.4) is 0 Å². The van der Waals surface area contributed by atoms with E-state index in [1.54, 1.807) is 10.9 Å². The van der Waals surface area contributed by atoms with Crippen molar-refractivity contribution in [2.24, 2.45) is 7.05 Å². The van der Waals surface area contributed by atoms with Gasteiger partial charge < -0.3 is 5.32 Å². The van der Waals surface area contributed by atoms with Gasteiger partial charge in [-0.3, -0.25) is 9.67 Å². The predicted octanol–water partition coefficient (Wildman–Crippen LogP) is 0.900. The van der Waals surface area contributed by atoms with Crippen LogP contribution in [0, 0.1) is 0 Å². The molecule has 3 rings (SSSR count). The lowest BCUT2D eigenvalue weighted by Gasteiger charge is -2.13. The molecule has 0 aliphatic carbocycles. The molecule has 3 aromatic heterocycles. The molecule has 22 heavy (non-hydrogen) atoms. The highest BCUT2D eigenvalue weighted by atomic mass is 16.1. The Morgan fingerprint density at radius 2 is 2.23 bits per heavy atom. The molecule has 116 valence electrons. The number of H-pyrrole nitrogens is 2. The zero-order valence-electron chi connectivity index (χ0n) is 12.7. The summed E-state index contributed by atoms with van der Waals surface area (Å²) in [7, 11) is 1.85. The van der Waals surface area contributed by atoms with Crippen LogP contribution in [0.25, 0.3) is 11.0 Å². The first-order valence-corrected chi connectivity index (χ1v) is 7.18. The fraction of sp³-hybridized carbons (Fsp3) is 0.462. The van der Waals surface area contributed by atoms with Crippen molar-refractivity contribution in [2.75, 3.05) is 5.32 Å². The third-order valence-corrected chi connectivity index (χ3v) is 3.39. The highest BCUT2D eigenvalue weighted by molar-refractivity contribution is 5.86. The van der Waals surface area contributed by atoms with E-state index in [9.17, 15) is 4.79 Å². The minimum Gasteiger partial charge on any atom is -0.360 e. The van der Waals surface area contributed by atoms with Gasteiger partial charge in [0.15, 0.2) is 11.5 Å². The van der Waals surface area contributed by atoms with Gasteiger partial charge in [-0.1, -0.05) is 6.92 Å². The van der Waals surface area contributed by atoms with Gasteiger partial charge in [0, 0.05) is 13.5 Å². The molecule has 0 saturated heterocycles. The van der Waals surface area contributed by atoms with Gasteiger partial charge in [-0.2, -0.15) is 10.2 Å². The van der Waals surface area contributed by atoms with E-state index in [1.165, 1.54) is 0 Å². The monoisotopic (exact) mass is 302 g/mol. The highest BCUT2D eigenvalue weighted by Gasteiger charge is 2.15. The molecule has 9 heteroatoms. The number of hydrogen-bond donors (Lipinski definition) is 3. The Labute approximate surface area is 126 Å². The van der Waals surface area contributed by atoms with E-state index < -0.39 is 0 Å². The summed E-state index contributed by atoms with van der Waals surface area (Å²) in [6, 6.07) is -0.202. The average Bonchev–Trinajstić information content (AvgIpc) is 3.07. The molecule has 0 bridgehead atoms. The van der Waals surface area contributed by atoms with Gasteiger partial charge in [-0.15, -0.1) is 0 Å². The molecule has 0 aromatic carbocycles. The summed E-state index contributed by atoms with van der Waals surface area (Å²) in [5.74, 6) is 1.99. The van der Waals surface area contributed by atoms with Crippen LogP contribution in [0.4, 0.5) is 5.82 Å². The third-order valence-electron chi connectivity index (χ3n) is 3.39. The van der Waals surface area contributed by atoms with Gasteiger partial charge in [-0.05, 0) is 13.3 Å². The first-order chi connectivity index (χ1) is 10.6. The number of aryl methyl sites for hydroxylation is 2. The lowest BCUT2D eigenvalue weighted by molar-refractivity contribution is 0.766. The SMILES string of the molecule is CCCc1nc(N[C@H](C)c2n[nH]c(=O)[nH]2)c2cnn(C)c2n1. The second-order valence-electron chi connectivity index (χ2n) is 5.17. The molecule has 0 unspecified atom stereocenters. The Hall–Kier alpha value is -2.71. The normalized spacial score (nSPS) is 12.7. The molecule has 0 spiro atoms. The lowest BCUT2D eigenvalue weighted by atomic mass is 10.2. The van der Waals surface area contributed by atoms with Crippen LogP contribution < -0.4 is 11.0 Å². The van der Waals surface area contributed by atoms with Gasteiger partial charge in [0.25, 0.3) is 0 Å². The maximum atomic E-state index is 11.2. The Kier molecular flexibility index (Phi) is 3.61. The van der Waals surface area contributed by atoms with Crippen molar-refractivity contribution in [3.05, 3.63) is 28.3 Å². The molecule has 0 aliphatic heterocycles. The maximum absolute atomic E-state index is 11.2. The van der Waals surface area contributed by atoms with E-state index in [4.69, 9.17) is 0 Å². The van der Waals surface area contributed by atoms with Gasteiger partial charge in [0.2, 0.25) is 0 Å². The molecule has 0 fully saturated rings. The van der Waals surface area contributed by atoms with Crippen LogP contribution in [0.15, 0.2) is 11.0 Å². The number of fused-ring (bicyclic) bond motifs is 1. The molecule has 0 radical (unpaired) electrons. The van der Waals surface area contributed by atoms with Crippen LogP contribution in [-0.4, -0.2) is 34.9 Å². The number of nitrogens with one attached hydrogen (secondary N) is 3. The summed E-state index contributed by atoms with van der Waals surface area (Å²) in [5, 5.41) is 14.6. The van der Waals surface area contributed by atoms with Crippen LogP contribution in [-0.2, 0) is 13.5 Å². The van der Waals surface area contributed by atoms with E-state index in [1.807, 2.05) is 14.0 Å². The lowest BCUT2D eigenvalue weighted by Crippen LogP contribution is -2.12. The summed E-state index contributed by atoms with van der Waals surface area (Å²) in [4.78, 5) is 22.9. The minimum atomic E-state index is -0.329. The van der Waals surface area contributed by atoms with Crippen LogP contribution in [0.1, 0.15) is 38.0 Å². The van der Waals surface area contributed by atoms with Crippen molar-refractivity contribution >= 4 is 16.9 Å². The van der Waals surface area contributed by atoms with Gasteiger partial charge >= 0.3 is 5.69 Å². The standard InChI is InChI=1S/C13H18N8O/c1-4-5-9-16-11(8-6-14-21(3)12(8)17-9)15-7(2)10-18-13(22)20-19-10/h6-7H,4-5H2,1-3H3,(H,15,16,17)(H2,18,19,20,22)/t7-/m1/s1. The quantitative estimate of drug-likeness (QED) is 0.644. The second-order valence-corrected chi connectivity index (χ2v) is 5.17. The maximum Gasteiger partial charge on any atom is 0.340 e. The third kappa shape index (κ3) is 2.57. The summed E-state index contributed by atoms with van der Waals surface area (Å²) < 4.78 is 1.72. The zero-order valence-corrected chi connectivity index (χ0v) is 12.7. The van der Waals surface area contributed by atoms with Crippen molar-refractivity contribution in [1.29, 1.82) is 0 Å². The average molecular weight is 302 g/mol. The number of hydrogen-bond acceptors (Lipinski definition) is 6. The molecule has 0 saturated carbocycles. The van der Waals surface area contributed by atoms with E-state index >= 15 is 0 Å². The van der Waals surface area contributed by atoms with Crippen molar-refractivity contribution < 1.29 is 0 Å². The number of nitrogens with zero attached hydrogens (tertiary/aromatic N) is 5. The fourth-order valence-electron chi connectivity index (χ4n) is 2.27. The molecule has 3 heterocycles. The van der Waals surface area contributed by atoms with Gasteiger partial charge in [0.1, 0.15) is 11.6 Å². The first-order valence-electron chi connectivity index (χ1n) is 7.18. The molecule has 0 amide bonds. The van der Waals surface area contributed by atoms with Gasteiger partial charge in [0.05, 0.1) is 17.6 Å². The van der Waals surface area contributed by atoms with Crippen molar-refractivity contribution in [3.8, 4) is 0 Å². The topological polar surface area (TPSA) is 117 Å². The van der Waals surface area contributed by atoms with E-state index in [2.05, 4.69) is 42.5 Å². The molecular formula is C13H18N8O. The summed E-state index contributed by atoms with van der Waals surface area (Å²) >= 11 is 0. The first kappa shape index (κ1) is 14.2. The van der Waals surface area contributed by atoms with Crippen molar-refractivity contribution in [2.45, 2.75) is 32.7 Å². The summed E-state index contributed by atoms with van der Waals surface area (Å²) in [6.07, 6.45) is 3.49. The molecular weight excluding hydrogens is 284 g/mol. The van der Waals surface area contributed by atoms with Crippen LogP contribution in [0.5, 0.6) is 0 Å². The predicted molar refractivity (Wildman–Crippen MR) is 81.5 cm³/mol. The summed E-state index contributed by atoms with van der Waals surface area (Å²) in [5.41, 5.74) is 0.452. The molecule has 3 aromatic rings. The molecule has 9 nitrogen and oxygen atoms in total. The highest BCUT2D eigenvalue weighted by Crippen LogP contribution is 2.23. The van der Waals surface area contributed by atoms with Crippen molar-refractivity contribution in [1.82, 2.24) is 34.9 Å². The minimum absolute atomic E-state index is 0.202. The van der Waals surface area contributed by atoms with Crippen LogP contribution in [0.2, 0.25) is 0 Å². The Balaban J connectivity index is 1.99. The molecule has 1 atom stereocenters. The number of aromatic nitrogens is 7. The molecule has 3 N–H and O–H groups in total. The Morgan fingerprint density at radius 1 is 1.41 bits per heavy atom. The number of anilines is 1. The number of aromatic amines is 2. The molecule has 0 aliphatic rings. The van der Waals surface area contributed by atoms with E-state index in [0.717, 1.165) is 29.7 Å².